The van der Waals surface area contributed by atoms with Crippen molar-refractivity contribution in [1.82, 2.24) is 10.2 Å². The highest BCUT2D eigenvalue weighted by Gasteiger charge is 2.23. The first-order chi connectivity index (χ1) is 12.9. The minimum atomic E-state index is -0.701. The molecule has 1 saturated heterocycles. The number of nitro groups is 1. The van der Waals surface area contributed by atoms with Crippen molar-refractivity contribution in [2.45, 2.75) is 12.8 Å². The standard InChI is InChI=1S/C18H16ClN3O5/c19-13-4-6-14(7-5-13)27-16-8-3-12(11-15(16)22(25)26)17(23)20-18(24)21-9-1-2-10-21/h3-8,11H,1-2,9-10H2,(H,20,23,24). The van der Waals surface area contributed by atoms with Crippen molar-refractivity contribution in [3.05, 3.63) is 63.2 Å². The second-order valence-corrected chi connectivity index (χ2v) is 6.39. The van der Waals surface area contributed by atoms with Gasteiger partial charge in [0.25, 0.3) is 5.91 Å². The van der Waals surface area contributed by atoms with E-state index in [1.807, 2.05) is 0 Å². The lowest BCUT2D eigenvalue weighted by molar-refractivity contribution is -0.385. The summed E-state index contributed by atoms with van der Waals surface area (Å²) in [6.07, 6.45) is 1.79. The maximum Gasteiger partial charge on any atom is 0.324 e. The van der Waals surface area contributed by atoms with Crippen molar-refractivity contribution in [3.63, 3.8) is 0 Å². The molecule has 0 unspecified atom stereocenters. The number of imide groups is 1. The largest absolute Gasteiger partial charge is 0.450 e. The number of hydrogen-bond donors (Lipinski definition) is 1. The number of halogens is 1. The Balaban J connectivity index is 1.78. The number of benzene rings is 2. The van der Waals surface area contributed by atoms with Crippen LogP contribution in [0.4, 0.5) is 10.5 Å². The fraction of sp³-hybridized carbons (Fsp3) is 0.222. The van der Waals surface area contributed by atoms with E-state index in [1.165, 1.54) is 17.0 Å². The van der Waals surface area contributed by atoms with Crippen LogP contribution in [-0.2, 0) is 0 Å². The van der Waals surface area contributed by atoms with E-state index in [2.05, 4.69) is 5.32 Å². The lowest BCUT2D eigenvalue weighted by atomic mass is 10.1. The molecule has 140 valence electrons. The molecule has 3 amide bonds. The van der Waals surface area contributed by atoms with Gasteiger partial charge in [-0.2, -0.15) is 0 Å². The van der Waals surface area contributed by atoms with Crippen molar-refractivity contribution >= 4 is 29.2 Å². The van der Waals surface area contributed by atoms with Gasteiger partial charge < -0.3 is 9.64 Å². The Bertz CT molecular complexity index is 879. The van der Waals surface area contributed by atoms with E-state index in [1.54, 1.807) is 24.3 Å². The van der Waals surface area contributed by atoms with Gasteiger partial charge in [-0.25, -0.2) is 4.79 Å². The van der Waals surface area contributed by atoms with Gasteiger partial charge in [0.1, 0.15) is 5.75 Å². The summed E-state index contributed by atoms with van der Waals surface area (Å²) >= 11 is 5.80. The Labute approximate surface area is 159 Å². The zero-order chi connectivity index (χ0) is 19.4. The molecule has 1 heterocycles. The number of carbonyl (C=O) groups is 2. The monoisotopic (exact) mass is 389 g/mol. The number of nitro benzene ring substituents is 1. The molecule has 0 atom stereocenters. The zero-order valence-electron chi connectivity index (χ0n) is 14.2. The fourth-order valence-corrected chi connectivity index (χ4v) is 2.81. The predicted octanol–water partition coefficient (Wildman–Crippen LogP) is 3.99. The number of ether oxygens (including phenoxy) is 1. The van der Waals surface area contributed by atoms with Gasteiger partial charge >= 0.3 is 11.7 Å². The molecule has 2 aromatic carbocycles. The third-order valence-electron chi connectivity index (χ3n) is 4.07. The van der Waals surface area contributed by atoms with Crippen LogP contribution in [0.15, 0.2) is 42.5 Å². The van der Waals surface area contributed by atoms with E-state index in [9.17, 15) is 19.7 Å². The molecule has 27 heavy (non-hydrogen) atoms. The number of carbonyl (C=O) groups excluding carboxylic acids is 2. The summed E-state index contributed by atoms with van der Waals surface area (Å²) in [5, 5.41) is 14.1. The highest BCUT2D eigenvalue weighted by Crippen LogP contribution is 2.32. The summed E-state index contributed by atoms with van der Waals surface area (Å²) in [6, 6.07) is 9.60. The van der Waals surface area contributed by atoms with Crippen molar-refractivity contribution in [2.75, 3.05) is 13.1 Å². The topological polar surface area (TPSA) is 102 Å². The van der Waals surface area contributed by atoms with Crippen LogP contribution in [0.5, 0.6) is 11.5 Å². The van der Waals surface area contributed by atoms with Crippen LogP contribution in [0.3, 0.4) is 0 Å². The number of likely N-dealkylation sites (tertiary alicyclic amines) is 1. The predicted molar refractivity (Wildman–Crippen MR) is 98.3 cm³/mol. The molecule has 1 N–H and O–H groups in total. The molecule has 0 spiro atoms. The number of hydrogen-bond acceptors (Lipinski definition) is 5. The maximum absolute atomic E-state index is 12.3. The van der Waals surface area contributed by atoms with E-state index >= 15 is 0 Å². The molecule has 0 aromatic heterocycles. The Hall–Kier alpha value is -3.13. The fourth-order valence-electron chi connectivity index (χ4n) is 2.69. The first-order valence-corrected chi connectivity index (χ1v) is 8.64. The second-order valence-electron chi connectivity index (χ2n) is 5.95. The molecule has 3 rings (SSSR count). The molecule has 2 aromatic rings. The molecular weight excluding hydrogens is 374 g/mol. The Morgan fingerprint density at radius 2 is 1.78 bits per heavy atom. The van der Waals surface area contributed by atoms with Crippen LogP contribution < -0.4 is 10.1 Å². The number of rotatable bonds is 4. The summed E-state index contributed by atoms with van der Waals surface area (Å²) in [7, 11) is 0. The van der Waals surface area contributed by atoms with E-state index in [0.29, 0.717) is 23.9 Å². The van der Waals surface area contributed by atoms with E-state index in [4.69, 9.17) is 16.3 Å². The summed E-state index contributed by atoms with van der Waals surface area (Å²) < 4.78 is 5.52. The van der Waals surface area contributed by atoms with Crippen molar-refractivity contribution in [1.29, 1.82) is 0 Å². The summed E-state index contributed by atoms with van der Waals surface area (Å²) in [5.74, 6) is -0.360. The van der Waals surface area contributed by atoms with Crippen LogP contribution in [0.25, 0.3) is 0 Å². The van der Waals surface area contributed by atoms with Crippen LogP contribution in [0, 0.1) is 10.1 Å². The van der Waals surface area contributed by atoms with Gasteiger partial charge in [0.15, 0.2) is 0 Å². The Morgan fingerprint density at radius 3 is 2.41 bits per heavy atom. The summed E-state index contributed by atoms with van der Waals surface area (Å²) in [6.45, 7) is 1.18. The van der Waals surface area contributed by atoms with Crippen molar-refractivity contribution in [2.24, 2.45) is 0 Å². The first kappa shape index (κ1) is 18.7. The minimum Gasteiger partial charge on any atom is -0.450 e. The Morgan fingerprint density at radius 1 is 1.11 bits per heavy atom. The molecule has 1 aliphatic rings. The number of urea groups is 1. The van der Waals surface area contributed by atoms with Gasteiger partial charge in [0.2, 0.25) is 5.75 Å². The second kappa shape index (κ2) is 8.05. The quantitative estimate of drug-likeness (QED) is 0.629. The van der Waals surface area contributed by atoms with Crippen LogP contribution >= 0.6 is 11.6 Å². The normalized spacial score (nSPS) is 13.3. The molecule has 0 aliphatic carbocycles. The van der Waals surface area contributed by atoms with Gasteiger partial charge in [-0.1, -0.05) is 11.6 Å². The van der Waals surface area contributed by atoms with Crippen LogP contribution in [-0.4, -0.2) is 34.9 Å². The Kier molecular flexibility index (Phi) is 5.56. The lowest BCUT2D eigenvalue weighted by Gasteiger charge is -2.15. The molecular formula is C18H16ClN3O5. The molecule has 1 aliphatic heterocycles. The minimum absolute atomic E-state index is 0.00213. The summed E-state index contributed by atoms with van der Waals surface area (Å²) in [4.78, 5) is 36.5. The van der Waals surface area contributed by atoms with E-state index in [-0.39, 0.29) is 17.0 Å². The molecule has 0 saturated carbocycles. The number of amides is 3. The number of nitrogens with one attached hydrogen (secondary N) is 1. The smallest absolute Gasteiger partial charge is 0.324 e. The molecule has 0 bridgehead atoms. The van der Waals surface area contributed by atoms with Crippen molar-refractivity contribution in [3.8, 4) is 11.5 Å². The maximum atomic E-state index is 12.3. The van der Waals surface area contributed by atoms with E-state index < -0.39 is 16.9 Å². The third-order valence-corrected chi connectivity index (χ3v) is 4.32. The number of nitrogens with zero attached hydrogens (tertiary/aromatic N) is 2. The van der Waals surface area contributed by atoms with E-state index in [0.717, 1.165) is 18.9 Å². The van der Waals surface area contributed by atoms with Gasteiger partial charge in [-0.15, -0.1) is 0 Å². The lowest BCUT2D eigenvalue weighted by Crippen LogP contribution is -2.41. The molecule has 1 fully saturated rings. The highest BCUT2D eigenvalue weighted by molar-refractivity contribution is 6.30. The van der Waals surface area contributed by atoms with Crippen LogP contribution in [0.2, 0.25) is 5.02 Å². The average Bonchev–Trinajstić information content (AvgIpc) is 3.18. The van der Waals surface area contributed by atoms with Gasteiger partial charge in [0, 0.05) is 29.7 Å². The van der Waals surface area contributed by atoms with Gasteiger partial charge in [0.05, 0.1) is 4.92 Å². The SMILES string of the molecule is O=C(NC(=O)N1CCCC1)c1ccc(Oc2ccc(Cl)cc2)c([N+](=O)[O-])c1. The third kappa shape index (κ3) is 4.53. The average molecular weight is 390 g/mol. The van der Waals surface area contributed by atoms with Gasteiger partial charge in [-0.3, -0.25) is 20.2 Å². The zero-order valence-corrected chi connectivity index (χ0v) is 14.9. The van der Waals surface area contributed by atoms with Gasteiger partial charge in [-0.05, 0) is 49.2 Å². The summed E-state index contributed by atoms with van der Waals surface area (Å²) in [5.41, 5.74) is -0.385. The molecule has 0 radical (unpaired) electrons. The van der Waals surface area contributed by atoms with Crippen LogP contribution in [0.1, 0.15) is 23.2 Å². The van der Waals surface area contributed by atoms with Crippen molar-refractivity contribution < 1.29 is 19.2 Å². The first-order valence-electron chi connectivity index (χ1n) is 8.26. The molecule has 9 heteroatoms. The highest BCUT2D eigenvalue weighted by atomic mass is 35.5. The molecule has 8 nitrogen and oxygen atoms in total.